The quantitative estimate of drug-likeness (QED) is 0.185. The standard InChI is InChI=1S/C29H26F3N5O4S/c1-3-41-27(40)19-11-13-20(14-12-19)34-25(38)17-42-28-36-35-24(37(28)21-8-6-7-18(2)15-21)16-33-26(39)22-9-4-5-10-23(22)29(30,31)32/h4-15H,3,16-17H2,1-2H3,(H,33,39)(H,34,38). The zero-order valence-electron chi connectivity index (χ0n) is 22.6. The average Bonchev–Trinajstić information content (AvgIpc) is 3.37. The molecule has 0 atom stereocenters. The van der Waals surface area contributed by atoms with E-state index in [2.05, 4.69) is 20.8 Å². The largest absolute Gasteiger partial charge is 0.462 e. The predicted molar refractivity (Wildman–Crippen MR) is 150 cm³/mol. The lowest BCUT2D eigenvalue weighted by Crippen LogP contribution is -2.27. The van der Waals surface area contributed by atoms with E-state index in [1.54, 1.807) is 41.8 Å². The number of benzene rings is 3. The molecule has 1 aromatic heterocycles. The van der Waals surface area contributed by atoms with Crippen LogP contribution in [0.5, 0.6) is 0 Å². The van der Waals surface area contributed by atoms with E-state index in [-0.39, 0.29) is 30.6 Å². The molecule has 0 aliphatic rings. The number of nitrogens with one attached hydrogen (secondary N) is 2. The summed E-state index contributed by atoms with van der Waals surface area (Å²) in [6.07, 6.45) is -4.69. The number of aromatic nitrogens is 3. The summed E-state index contributed by atoms with van der Waals surface area (Å²) in [5.74, 6) is -1.51. The molecule has 0 unspecified atom stereocenters. The number of rotatable bonds is 10. The lowest BCUT2D eigenvalue weighted by Gasteiger charge is -2.14. The predicted octanol–water partition coefficient (Wildman–Crippen LogP) is 5.43. The van der Waals surface area contributed by atoms with Crippen LogP contribution < -0.4 is 10.6 Å². The molecule has 42 heavy (non-hydrogen) atoms. The van der Waals surface area contributed by atoms with Gasteiger partial charge in [-0.15, -0.1) is 10.2 Å². The van der Waals surface area contributed by atoms with Gasteiger partial charge in [0.15, 0.2) is 11.0 Å². The summed E-state index contributed by atoms with van der Waals surface area (Å²) < 4.78 is 46.8. The second-order valence-electron chi connectivity index (χ2n) is 8.93. The molecule has 0 saturated carbocycles. The van der Waals surface area contributed by atoms with Gasteiger partial charge in [0.05, 0.1) is 35.6 Å². The molecule has 2 amide bonds. The van der Waals surface area contributed by atoms with Crippen molar-refractivity contribution in [2.75, 3.05) is 17.7 Å². The highest BCUT2D eigenvalue weighted by molar-refractivity contribution is 7.99. The number of alkyl halides is 3. The summed E-state index contributed by atoms with van der Waals surface area (Å²) in [5, 5.41) is 13.9. The van der Waals surface area contributed by atoms with Crippen molar-refractivity contribution >= 4 is 35.2 Å². The van der Waals surface area contributed by atoms with Crippen molar-refractivity contribution in [3.05, 3.63) is 101 Å². The van der Waals surface area contributed by atoms with Crippen molar-refractivity contribution in [2.24, 2.45) is 0 Å². The van der Waals surface area contributed by atoms with Crippen LogP contribution in [0.4, 0.5) is 18.9 Å². The number of thioether (sulfide) groups is 1. The average molecular weight is 598 g/mol. The van der Waals surface area contributed by atoms with Crippen LogP contribution in [0.2, 0.25) is 0 Å². The summed E-state index contributed by atoms with van der Waals surface area (Å²) in [7, 11) is 0. The molecule has 218 valence electrons. The molecule has 4 rings (SSSR count). The Morgan fingerprint density at radius 3 is 2.40 bits per heavy atom. The molecule has 9 nitrogen and oxygen atoms in total. The number of carbonyl (C=O) groups is 3. The molecule has 2 N–H and O–H groups in total. The third-order valence-electron chi connectivity index (χ3n) is 5.86. The second kappa shape index (κ2) is 13.3. The Morgan fingerprint density at radius 1 is 0.976 bits per heavy atom. The van der Waals surface area contributed by atoms with Gasteiger partial charge in [-0.2, -0.15) is 13.2 Å². The summed E-state index contributed by atoms with van der Waals surface area (Å²) in [4.78, 5) is 37.2. The van der Waals surface area contributed by atoms with Crippen LogP contribution in [-0.4, -0.2) is 44.9 Å². The maximum Gasteiger partial charge on any atom is 0.417 e. The Bertz CT molecular complexity index is 1590. The molecule has 0 saturated heterocycles. The molecule has 0 aliphatic carbocycles. The van der Waals surface area contributed by atoms with Crippen LogP contribution in [0.25, 0.3) is 5.69 Å². The molecule has 0 fully saturated rings. The third kappa shape index (κ3) is 7.55. The molecule has 3 aromatic carbocycles. The van der Waals surface area contributed by atoms with E-state index >= 15 is 0 Å². The summed E-state index contributed by atoms with van der Waals surface area (Å²) in [6.45, 7) is 3.63. The minimum Gasteiger partial charge on any atom is -0.462 e. The highest BCUT2D eigenvalue weighted by Crippen LogP contribution is 2.32. The fraction of sp³-hybridized carbons (Fsp3) is 0.207. The van der Waals surface area contributed by atoms with Crippen LogP contribution in [0.1, 0.15) is 44.6 Å². The maximum atomic E-state index is 13.4. The number of amides is 2. The number of nitrogens with zero attached hydrogens (tertiary/aromatic N) is 3. The number of hydrogen-bond acceptors (Lipinski definition) is 7. The lowest BCUT2D eigenvalue weighted by molar-refractivity contribution is -0.138. The minimum absolute atomic E-state index is 0.0467. The number of esters is 1. The second-order valence-corrected chi connectivity index (χ2v) is 9.88. The van der Waals surface area contributed by atoms with Crippen molar-refractivity contribution in [3.8, 4) is 5.69 Å². The number of carbonyl (C=O) groups excluding carboxylic acids is 3. The molecular weight excluding hydrogens is 571 g/mol. The highest BCUT2D eigenvalue weighted by atomic mass is 32.2. The van der Waals surface area contributed by atoms with Crippen molar-refractivity contribution in [1.82, 2.24) is 20.1 Å². The van der Waals surface area contributed by atoms with E-state index in [0.717, 1.165) is 29.5 Å². The summed E-state index contributed by atoms with van der Waals surface area (Å²) in [5.41, 5.74) is 0.870. The Hall–Kier alpha value is -4.65. The van der Waals surface area contributed by atoms with Gasteiger partial charge in [-0.05, 0) is 67.9 Å². The molecule has 0 radical (unpaired) electrons. The SMILES string of the molecule is CCOC(=O)c1ccc(NC(=O)CSc2nnc(CNC(=O)c3ccccc3C(F)(F)F)n2-c2cccc(C)c2)cc1. The summed E-state index contributed by atoms with van der Waals surface area (Å²) in [6, 6.07) is 18.1. The van der Waals surface area contributed by atoms with Gasteiger partial charge in [-0.1, -0.05) is 36.0 Å². The van der Waals surface area contributed by atoms with E-state index in [9.17, 15) is 27.6 Å². The normalized spacial score (nSPS) is 11.2. The summed E-state index contributed by atoms with van der Waals surface area (Å²) >= 11 is 1.09. The Kier molecular flexibility index (Phi) is 9.63. The molecule has 1 heterocycles. The third-order valence-corrected chi connectivity index (χ3v) is 6.79. The Labute approximate surface area is 243 Å². The first-order valence-corrected chi connectivity index (χ1v) is 13.7. The van der Waals surface area contributed by atoms with Gasteiger partial charge >= 0.3 is 12.1 Å². The Morgan fingerprint density at radius 2 is 1.71 bits per heavy atom. The van der Waals surface area contributed by atoms with Crippen molar-refractivity contribution in [3.63, 3.8) is 0 Å². The van der Waals surface area contributed by atoms with Crippen LogP contribution in [0.3, 0.4) is 0 Å². The van der Waals surface area contributed by atoms with E-state index in [4.69, 9.17) is 4.74 Å². The molecule has 13 heteroatoms. The molecule has 0 aliphatic heterocycles. The van der Waals surface area contributed by atoms with Crippen LogP contribution in [0, 0.1) is 6.92 Å². The highest BCUT2D eigenvalue weighted by Gasteiger charge is 2.34. The number of halogens is 3. The smallest absolute Gasteiger partial charge is 0.417 e. The molecule has 4 aromatic rings. The van der Waals surface area contributed by atoms with Gasteiger partial charge in [0.25, 0.3) is 5.91 Å². The zero-order valence-corrected chi connectivity index (χ0v) is 23.4. The van der Waals surface area contributed by atoms with Gasteiger partial charge in [-0.3, -0.25) is 14.2 Å². The number of ether oxygens (including phenoxy) is 1. The van der Waals surface area contributed by atoms with E-state index in [1.807, 2.05) is 25.1 Å². The van der Waals surface area contributed by atoms with Gasteiger partial charge in [0, 0.05) is 11.4 Å². The molecular formula is C29H26F3N5O4S. The van der Waals surface area contributed by atoms with Gasteiger partial charge in [-0.25, -0.2) is 4.79 Å². The van der Waals surface area contributed by atoms with Crippen LogP contribution in [0.15, 0.2) is 78.0 Å². The van der Waals surface area contributed by atoms with Crippen molar-refractivity contribution < 1.29 is 32.3 Å². The number of aryl methyl sites for hydroxylation is 1. The minimum atomic E-state index is -4.69. The Balaban J connectivity index is 1.48. The molecule has 0 bridgehead atoms. The first-order chi connectivity index (χ1) is 20.1. The maximum absolute atomic E-state index is 13.4. The molecule has 0 spiro atoms. The van der Waals surface area contributed by atoms with Gasteiger partial charge in [0.1, 0.15) is 0 Å². The van der Waals surface area contributed by atoms with Crippen LogP contribution in [-0.2, 0) is 22.3 Å². The van der Waals surface area contributed by atoms with Crippen LogP contribution >= 0.6 is 11.8 Å². The first kappa shape index (κ1) is 30.3. The van der Waals surface area contributed by atoms with E-state index < -0.39 is 29.2 Å². The zero-order chi connectivity index (χ0) is 30.3. The number of anilines is 1. The van der Waals surface area contributed by atoms with E-state index in [1.165, 1.54) is 12.1 Å². The van der Waals surface area contributed by atoms with Gasteiger partial charge < -0.3 is 15.4 Å². The fourth-order valence-electron chi connectivity index (χ4n) is 3.95. The monoisotopic (exact) mass is 597 g/mol. The van der Waals surface area contributed by atoms with Gasteiger partial charge in [0.2, 0.25) is 5.91 Å². The topological polar surface area (TPSA) is 115 Å². The number of hydrogen-bond donors (Lipinski definition) is 2. The van der Waals surface area contributed by atoms with Crippen molar-refractivity contribution in [1.29, 1.82) is 0 Å². The lowest BCUT2D eigenvalue weighted by atomic mass is 10.1. The fourth-order valence-corrected chi connectivity index (χ4v) is 4.72. The van der Waals surface area contributed by atoms with Crippen molar-refractivity contribution in [2.45, 2.75) is 31.7 Å². The first-order valence-electron chi connectivity index (χ1n) is 12.7. The van der Waals surface area contributed by atoms with E-state index in [0.29, 0.717) is 22.1 Å².